The number of hydrogen-bond donors (Lipinski definition) is 1. The minimum absolute atomic E-state index is 0.275. The molecule has 1 aromatic heterocycles. The number of anilines is 1. The van der Waals surface area contributed by atoms with Crippen molar-refractivity contribution in [3.63, 3.8) is 0 Å². The zero-order valence-electron chi connectivity index (χ0n) is 17.7. The minimum Gasteiger partial charge on any atom is -0.487 e. The van der Waals surface area contributed by atoms with Gasteiger partial charge in [0.2, 0.25) is 0 Å². The molecule has 4 aromatic rings. The molecule has 0 bridgehead atoms. The van der Waals surface area contributed by atoms with Gasteiger partial charge in [-0.05, 0) is 60.0 Å². The standard InChI is InChI=1S/C25H20Cl2FN3O2/c1-16-5-8-21(26)23(11-16)33-15-17-3-2-4-18(12-17)25(32)29-24-9-10-31(30-24)14-19-6-7-20(28)13-22(19)27/h2-13H,14-15H2,1H3,(H,29,30,32). The second-order valence-corrected chi connectivity index (χ2v) is 8.33. The molecule has 1 N–H and O–H groups in total. The Balaban J connectivity index is 1.39. The van der Waals surface area contributed by atoms with Crippen molar-refractivity contribution < 1.29 is 13.9 Å². The monoisotopic (exact) mass is 483 g/mol. The van der Waals surface area contributed by atoms with E-state index in [2.05, 4.69) is 10.4 Å². The number of carbonyl (C=O) groups excluding carboxylic acids is 1. The zero-order chi connectivity index (χ0) is 23.4. The molecule has 0 aliphatic rings. The number of amides is 1. The van der Waals surface area contributed by atoms with Crippen molar-refractivity contribution in [2.45, 2.75) is 20.1 Å². The lowest BCUT2D eigenvalue weighted by molar-refractivity contribution is 0.102. The van der Waals surface area contributed by atoms with E-state index in [0.29, 0.717) is 33.7 Å². The van der Waals surface area contributed by atoms with Crippen LogP contribution in [0.1, 0.15) is 27.0 Å². The Kier molecular flexibility index (Phi) is 6.96. The first-order chi connectivity index (χ1) is 15.9. The van der Waals surface area contributed by atoms with Gasteiger partial charge in [0, 0.05) is 22.8 Å². The molecule has 168 valence electrons. The molecule has 1 amide bonds. The number of carbonyl (C=O) groups is 1. The number of aromatic nitrogens is 2. The maximum absolute atomic E-state index is 13.2. The van der Waals surface area contributed by atoms with Gasteiger partial charge >= 0.3 is 0 Å². The highest BCUT2D eigenvalue weighted by Crippen LogP contribution is 2.26. The third kappa shape index (κ3) is 5.92. The second-order valence-electron chi connectivity index (χ2n) is 7.51. The van der Waals surface area contributed by atoms with E-state index < -0.39 is 5.82 Å². The van der Waals surface area contributed by atoms with Gasteiger partial charge in [0.05, 0.1) is 11.6 Å². The van der Waals surface area contributed by atoms with Crippen LogP contribution in [0.25, 0.3) is 0 Å². The summed E-state index contributed by atoms with van der Waals surface area (Å²) in [5, 5.41) is 7.98. The van der Waals surface area contributed by atoms with Crippen LogP contribution in [0.3, 0.4) is 0 Å². The van der Waals surface area contributed by atoms with Gasteiger partial charge in [-0.25, -0.2) is 4.39 Å². The van der Waals surface area contributed by atoms with E-state index in [-0.39, 0.29) is 12.5 Å². The predicted octanol–water partition coefficient (Wildman–Crippen LogP) is 6.52. The van der Waals surface area contributed by atoms with Crippen molar-refractivity contribution in [1.29, 1.82) is 0 Å². The Morgan fingerprint density at radius 1 is 1.06 bits per heavy atom. The Labute approximate surface area is 200 Å². The van der Waals surface area contributed by atoms with Crippen molar-refractivity contribution >= 4 is 34.9 Å². The maximum atomic E-state index is 13.2. The molecule has 5 nitrogen and oxygen atoms in total. The number of ether oxygens (including phenoxy) is 1. The van der Waals surface area contributed by atoms with Crippen LogP contribution in [0.5, 0.6) is 5.75 Å². The van der Waals surface area contributed by atoms with Gasteiger partial charge in [0.25, 0.3) is 5.91 Å². The Morgan fingerprint density at radius 2 is 1.91 bits per heavy atom. The molecule has 0 fully saturated rings. The highest BCUT2D eigenvalue weighted by Gasteiger charge is 2.11. The fourth-order valence-electron chi connectivity index (χ4n) is 3.21. The molecule has 0 aliphatic heterocycles. The van der Waals surface area contributed by atoms with E-state index in [0.717, 1.165) is 16.7 Å². The Hall–Kier alpha value is -3.35. The summed E-state index contributed by atoms with van der Waals surface area (Å²) in [5.41, 5.74) is 3.07. The average molecular weight is 484 g/mol. The van der Waals surface area contributed by atoms with E-state index >= 15 is 0 Å². The molecule has 8 heteroatoms. The van der Waals surface area contributed by atoms with Crippen LogP contribution in [0.15, 0.2) is 72.9 Å². The van der Waals surface area contributed by atoms with Gasteiger partial charge in [-0.3, -0.25) is 9.48 Å². The molecule has 0 atom stereocenters. The lowest BCUT2D eigenvalue weighted by atomic mass is 10.1. The lowest BCUT2D eigenvalue weighted by Gasteiger charge is -2.10. The first-order valence-electron chi connectivity index (χ1n) is 10.1. The predicted molar refractivity (Wildman–Crippen MR) is 128 cm³/mol. The molecule has 0 radical (unpaired) electrons. The third-order valence-electron chi connectivity index (χ3n) is 4.90. The summed E-state index contributed by atoms with van der Waals surface area (Å²) in [6, 6.07) is 18.6. The molecule has 33 heavy (non-hydrogen) atoms. The normalized spacial score (nSPS) is 10.8. The van der Waals surface area contributed by atoms with E-state index in [4.69, 9.17) is 27.9 Å². The third-order valence-corrected chi connectivity index (χ3v) is 5.56. The quantitative estimate of drug-likeness (QED) is 0.325. The first kappa shape index (κ1) is 22.8. The van der Waals surface area contributed by atoms with Gasteiger partial charge in [-0.15, -0.1) is 0 Å². The molecular formula is C25H20Cl2FN3O2. The molecule has 3 aromatic carbocycles. The highest BCUT2D eigenvalue weighted by molar-refractivity contribution is 6.32. The Bertz CT molecular complexity index is 1310. The van der Waals surface area contributed by atoms with Crippen molar-refractivity contribution in [1.82, 2.24) is 9.78 Å². The summed E-state index contributed by atoms with van der Waals surface area (Å²) in [6.07, 6.45) is 1.71. The maximum Gasteiger partial charge on any atom is 0.256 e. The smallest absolute Gasteiger partial charge is 0.256 e. The van der Waals surface area contributed by atoms with Crippen molar-refractivity contribution in [3.05, 3.63) is 111 Å². The van der Waals surface area contributed by atoms with Gasteiger partial charge in [0.15, 0.2) is 5.82 Å². The van der Waals surface area contributed by atoms with Crippen molar-refractivity contribution in [2.24, 2.45) is 0 Å². The average Bonchev–Trinajstić information content (AvgIpc) is 3.23. The van der Waals surface area contributed by atoms with Crippen LogP contribution in [0.4, 0.5) is 10.2 Å². The largest absolute Gasteiger partial charge is 0.487 e. The van der Waals surface area contributed by atoms with E-state index in [1.807, 2.05) is 25.1 Å². The number of nitrogens with zero attached hydrogens (tertiary/aromatic N) is 2. The molecule has 0 saturated heterocycles. The fraction of sp³-hybridized carbons (Fsp3) is 0.120. The summed E-state index contributed by atoms with van der Waals surface area (Å²) in [7, 11) is 0. The summed E-state index contributed by atoms with van der Waals surface area (Å²) in [6.45, 7) is 2.59. The van der Waals surface area contributed by atoms with Crippen LogP contribution < -0.4 is 10.1 Å². The summed E-state index contributed by atoms with van der Waals surface area (Å²) in [5.74, 6) is 0.298. The highest BCUT2D eigenvalue weighted by atomic mass is 35.5. The molecule has 1 heterocycles. The molecule has 0 spiro atoms. The van der Waals surface area contributed by atoms with Crippen LogP contribution >= 0.6 is 23.2 Å². The number of benzene rings is 3. The van der Waals surface area contributed by atoms with Crippen LogP contribution in [0, 0.1) is 12.7 Å². The molecule has 0 saturated carbocycles. The van der Waals surface area contributed by atoms with Crippen molar-refractivity contribution in [2.75, 3.05) is 5.32 Å². The fourth-order valence-corrected chi connectivity index (χ4v) is 3.61. The first-order valence-corrected chi connectivity index (χ1v) is 10.9. The number of aryl methyl sites for hydroxylation is 1. The van der Waals surface area contributed by atoms with Gasteiger partial charge < -0.3 is 10.1 Å². The van der Waals surface area contributed by atoms with E-state index in [1.165, 1.54) is 12.1 Å². The van der Waals surface area contributed by atoms with E-state index in [9.17, 15) is 9.18 Å². The minimum atomic E-state index is -0.397. The number of hydrogen-bond acceptors (Lipinski definition) is 3. The molecule has 0 unspecified atom stereocenters. The number of rotatable bonds is 7. The number of halogens is 3. The van der Waals surface area contributed by atoms with Crippen molar-refractivity contribution in [3.8, 4) is 5.75 Å². The summed E-state index contributed by atoms with van der Waals surface area (Å²) >= 11 is 12.3. The SMILES string of the molecule is Cc1ccc(Cl)c(OCc2cccc(C(=O)Nc3ccn(Cc4ccc(F)cc4Cl)n3)c2)c1. The number of nitrogens with one attached hydrogen (secondary N) is 1. The van der Waals surface area contributed by atoms with Crippen LogP contribution in [0.2, 0.25) is 10.0 Å². The van der Waals surface area contributed by atoms with Gasteiger partial charge in [-0.1, -0.05) is 47.5 Å². The molecule has 0 aliphatic carbocycles. The topological polar surface area (TPSA) is 56.1 Å². The zero-order valence-corrected chi connectivity index (χ0v) is 19.2. The summed E-state index contributed by atoms with van der Waals surface area (Å²) < 4.78 is 20.7. The van der Waals surface area contributed by atoms with Gasteiger partial charge in [-0.2, -0.15) is 5.10 Å². The molecule has 4 rings (SSSR count). The lowest BCUT2D eigenvalue weighted by Crippen LogP contribution is -2.13. The van der Waals surface area contributed by atoms with Crippen LogP contribution in [-0.2, 0) is 13.2 Å². The second kappa shape index (κ2) is 10.1. The molecular weight excluding hydrogens is 464 g/mol. The summed E-state index contributed by atoms with van der Waals surface area (Å²) in [4.78, 5) is 12.7. The van der Waals surface area contributed by atoms with E-state index in [1.54, 1.807) is 47.3 Å². The Morgan fingerprint density at radius 3 is 2.73 bits per heavy atom. The van der Waals surface area contributed by atoms with Crippen LogP contribution in [-0.4, -0.2) is 15.7 Å². The van der Waals surface area contributed by atoms with Gasteiger partial charge in [0.1, 0.15) is 18.2 Å².